The van der Waals surface area contributed by atoms with E-state index in [-0.39, 0.29) is 17.1 Å². The van der Waals surface area contributed by atoms with E-state index < -0.39 is 13.7 Å². The third kappa shape index (κ3) is 5.05. The van der Waals surface area contributed by atoms with Gasteiger partial charge in [0.15, 0.2) is 8.32 Å². The Bertz CT molecular complexity index is 460. The topological polar surface area (TPSA) is 68.1 Å². The summed E-state index contributed by atoms with van der Waals surface area (Å²) in [4.78, 5) is 12.5. The average molecular weight is 358 g/mol. The molecule has 0 spiro atoms. The average Bonchev–Trinajstić information content (AvgIpc) is 2.48. The molecule has 0 aromatic carbocycles. The van der Waals surface area contributed by atoms with E-state index in [4.69, 9.17) is 14.4 Å². The summed E-state index contributed by atoms with van der Waals surface area (Å²) >= 11 is 0. The number of carbonyl (C=O) groups excluding carboxylic acids is 1. The third-order valence-corrected chi connectivity index (χ3v) is 10.2. The van der Waals surface area contributed by atoms with Crippen LogP contribution in [0, 0.1) is 5.41 Å². The highest BCUT2D eigenvalue weighted by Crippen LogP contribution is 2.44. The van der Waals surface area contributed by atoms with Gasteiger partial charge < -0.3 is 14.4 Å². The van der Waals surface area contributed by atoms with Crippen LogP contribution in [-0.4, -0.2) is 37.9 Å². The summed E-state index contributed by atoms with van der Waals surface area (Å²) in [5.41, 5.74) is 0.00593. The first-order valence-electron chi connectivity index (χ1n) is 9.00. The number of rotatable bonds is 6. The molecule has 0 aromatic heterocycles. The standard InChI is InChI=1S/C18H35NO4Si/c1-8-22-16(20)18(13-14(2)19-21)11-9-15(10-12-18)23-24(6,7)17(3,4)5/h15,21H,8-13H2,1-7H3. The largest absolute Gasteiger partial charge is 0.466 e. The third-order valence-electron chi connectivity index (χ3n) is 5.63. The van der Waals surface area contributed by atoms with E-state index in [2.05, 4.69) is 39.0 Å². The maximum absolute atomic E-state index is 12.5. The molecule has 0 saturated heterocycles. The van der Waals surface area contributed by atoms with Crippen LogP contribution >= 0.6 is 0 Å². The van der Waals surface area contributed by atoms with Crippen molar-refractivity contribution in [2.75, 3.05) is 6.61 Å². The molecule has 0 aromatic rings. The second kappa shape index (κ2) is 8.00. The van der Waals surface area contributed by atoms with Crippen LogP contribution in [0.3, 0.4) is 0 Å². The smallest absolute Gasteiger partial charge is 0.312 e. The van der Waals surface area contributed by atoms with E-state index >= 15 is 0 Å². The van der Waals surface area contributed by atoms with Crippen molar-refractivity contribution in [1.82, 2.24) is 0 Å². The minimum atomic E-state index is -1.80. The predicted molar refractivity (Wildman–Crippen MR) is 99.1 cm³/mol. The van der Waals surface area contributed by atoms with Crippen LogP contribution in [0.2, 0.25) is 18.1 Å². The maximum atomic E-state index is 12.5. The van der Waals surface area contributed by atoms with Crippen LogP contribution in [0.25, 0.3) is 0 Å². The molecule has 1 rings (SSSR count). The van der Waals surface area contributed by atoms with Crippen LogP contribution in [0.5, 0.6) is 0 Å². The van der Waals surface area contributed by atoms with E-state index in [1.165, 1.54) is 0 Å². The zero-order valence-corrected chi connectivity index (χ0v) is 17.4. The number of hydrogen-bond acceptors (Lipinski definition) is 5. The van der Waals surface area contributed by atoms with Crippen LogP contribution in [0.15, 0.2) is 5.16 Å². The number of hydrogen-bond donors (Lipinski definition) is 1. The van der Waals surface area contributed by atoms with Crippen molar-refractivity contribution < 1.29 is 19.2 Å². The number of nitrogens with zero attached hydrogens (tertiary/aromatic N) is 1. The monoisotopic (exact) mass is 357 g/mol. The highest BCUT2D eigenvalue weighted by Gasteiger charge is 2.46. The molecule has 0 bridgehead atoms. The molecule has 5 nitrogen and oxygen atoms in total. The second-order valence-electron chi connectivity index (χ2n) is 8.59. The first kappa shape index (κ1) is 21.2. The van der Waals surface area contributed by atoms with E-state index in [1.54, 1.807) is 6.92 Å². The quantitative estimate of drug-likeness (QED) is 0.245. The molecule has 1 N–H and O–H groups in total. The summed E-state index contributed by atoms with van der Waals surface area (Å²) in [6.45, 7) is 15.2. The van der Waals surface area contributed by atoms with Crippen molar-refractivity contribution in [2.45, 2.75) is 91.0 Å². The molecule has 0 heterocycles. The predicted octanol–water partition coefficient (Wildman–Crippen LogP) is 4.74. The molecular weight excluding hydrogens is 322 g/mol. The molecular formula is C18H35NO4Si. The lowest BCUT2D eigenvalue weighted by molar-refractivity contribution is -0.158. The van der Waals surface area contributed by atoms with Crippen molar-refractivity contribution in [3.63, 3.8) is 0 Å². The first-order valence-corrected chi connectivity index (χ1v) is 11.9. The molecule has 0 aliphatic heterocycles. The molecule has 1 aliphatic rings. The normalized spacial score (nSPS) is 26.3. The maximum Gasteiger partial charge on any atom is 0.312 e. The van der Waals surface area contributed by atoms with Gasteiger partial charge >= 0.3 is 5.97 Å². The van der Waals surface area contributed by atoms with Crippen LogP contribution < -0.4 is 0 Å². The van der Waals surface area contributed by atoms with Gasteiger partial charge in [0.1, 0.15) is 0 Å². The van der Waals surface area contributed by atoms with E-state index in [1.807, 2.05) is 6.92 Å². The van der Waals surface area contributed by atoms with Crippen molar-refractivity contribution in [3.05, 3.63) is 0 Å². The molecule has 24 heavy (non-hydrogen) atoms. The Balaban J connectivity index is 2.81. The molecule has 6 heteroatoms. The van der Waals surface area contributed by atoms with Gasteiger partial charge in [-0.15, -0.1) is 0 Å². The lowest BCUT2D eigenvalue weighted by Crippen LogP contribution is -2.47. The van der Waals surface area contributed by atoms with Gasteiger partial charge in [-0.2, -0.15) is 0 Å². The Hall–Kier alpha value is -0.883. The van der Waals surface area contributed by atoms with Crippen LogP contribution in [0.1, 0.15) is 66.7 Å². The Kier molecular flexibility index (Phi) is 7.05. The highest BCUT2D eigenvalue weighted by atomic mass is 28.4. The highest BCUT2D eigenvalue weighted by molar-refractivity contribution is 6.74. The Morgan fingerprint density at radius 3 is 2.25 bits per heavy atom. The molecule has 0 unspecified atom stereocenters. The van der Waals surface area contributed by atoms with Crippen molar-refractivity contribution in [2.24, 2.45) is 10.6 Å². The summed E-state index contributed by atoms with van der Waals surface area (Å²) in [7, 11) is -1.80. The fourth-order valence-corrected chi connectivity index (χ4v) is 4.54. The second-order valence-corrected chi connectivity index (χ2v) is 13.3. The number of oxime groups is 1. The van der Waals surface area contributed by atoms with Crippen molar-refractivity contribution in [3.8, 4) is 0 Å². The number of esters is 1. The van der Waals surface area contributed by atoms with Gasteiger partial charge in [-0.3, -0.25) is 4.79 Å². The van der Waals surface area contributed by atoms with Gasteiger partial charge in [0.2, 0.25) is 0 Å². The lowest BCUT2D eigenvalue weighted by Gasteiger charge is -2.43. The minimum Gasteiger partial charge on any atom is -0.466 e. The van der Waals surface area contributed by atoms with Crippen LogP contribution in [-0.2, 0) is 14.0 Å². The summed E-state index contributed by atoms with van der Waals surface area (Å²) in [5.74, 6) is -0.168. The van der Waals surface area contributed by atoms with Gasteiger partial charge in [0.25, 0.3) is 0 Å². The molecule has 1 fully saturated rings. The van der Waals surface area contributed by atoms with Gasteiger partial charge in [-0.1, -0.05) is 25.9 Å². The number of ether oxygens (including phenoxy) is 1. The SMILES string of the molecule is CCOC(=O)C1(CC(C)=NO)CCC(O[Si](C)(C)C(C)(C)C)CC1. The summed E-state index contributed by atoms with van der Waals surface area (Å²) in [6.07, 6.45) is 3.80. The lowest BCUT2D eigenvalue weighted by atomic mass is 9.70. The zero-order chi connectivity index (χ0) is 18.6. The summed E-state index contributed by atoms with van der Waals surface area (Å²) in [5, 5.41) is 12.5. The first-order chi connectivity index (χ1) is 11.0. The Morgan fingerprint density at radius 1 is 1.29 bits per heavy atom. The Labute approximate surface area is 147 Å². The Morgan fingerprint density at radius 2 is 1.83 bits per heavy atom. The van der Waals surface area contributed by atoms with E-state index in [0.29, 0.717) is 18.7 Å². The minimum absolute atomic E-state index is 0.168. The van der Waals surface area contributed by atoms with E-state index in [9.17, 15) is 4.79 Å². The van der Waals surface area contributed by atoms with E-state index in [0.717, 1.165) is 25.7 Å². The van der Waals surface area contributed by atoms with Crippen LogP contribution in [0.4, 0.5) is 0 Å². The summed E-state index contributed by atoms with van der Waals surface area (Å²) in [6, 6.07) is 0. The van der Waals surface area contributed by atoms with Gasteiger partial charge in [-0.05, 0) is 57.7 Å². The van der Waals surface area contributed by atoms with Crippen molar-refractivity contribution in [1.29, 1.82) is 0 Å². The number of carbonyl (C=O) groups is 1. The molecule has 0 radical (unpaired) electrons. The molecule has 0 atom stereocenters. The van der Waals surface area contributed by atoms with Crippen molar-refractivity contribution >= 4 is 20.0 Å². The fourth-order valence-electron chi connectivity index (χ4n) is 3.12. The fraction of sp³-hybridized carbons (Fsp3) is 0.889. The molecule has 1 aliphatic carbocycles. The molecule has 0 amide bonds. The van der Waals surface area contributed by atoms with Gasteiger partial charge in [0, 0.05) is 12.5 Å². The van der Waals surface area contributed by atoms with Gasteiger partial charge in [0.05, 0.1) is 17.7 Å². The summed E-state index contributed by atoms with van der Waals surface area (Å²) < 4.78 is 11.8. The zero-order valence-electron chi connectivity index (χ0n) is 16.4. The molecule has 140 valence electrons. The van der Waals surface area contributed by atoms with Gasteiger partial charge in [-0.25, -0.2) is 0 Å². The molecule has 1 saturated carbocycles.